The minimum atomic E-state index is -0.798. The number of amides is 4. The number of carbonyl (C=O) groups is 3. The van der Waals surface area contributed by atoms with Gasteiger partial charge in [-0.3, -0.25) is 14.9 Å². The molecule has 1 saturated carbocycles. The van der Waals surface area contributed by atoms with E-state index in [2.05, 4.69) is 17.6 Å². The zero-order chi connectivity index (χ0) is 14.8. The van der Waals surface area contributed by atoms with Gasteiger partial charge < -0.3 is 10.2 Å². The molecule has 1 aliphatic heterocycles. The zero-order valence-electron chi connectivity index (χ0n) is 12.2. The fourth-order valence-electron chi connectivity index (χ4n) is 3.02. The average Bonchev–Trinajstić information content (AvgIpc) is 2.64. The predicted octanol–water partition coefficient (Wildman–Crippen LogP) is 1.01. The molecule has 0 radical (unpaired) electrons. The van der Waals surface area contributed by atoms with E-state index in [1.54, 1.807) is 0 Å². The van der Waals surface area contributed by atoms with Gasteiger partial charge in [0.1, 0.15) is 12.1 Å². The Hall–Kier alpha value is -1.59. The van der Waals surface area contributed by atoms with Gasteiger partial charge in [-0.2, -0.15) is 0 Å². The Morgan fingerprint density at radius 3 is 2.65 bits per heavy atom. The predicted molar refractivity (Wildman–Crippen MR) is 73.9 cm³/mol. The summed E-state index contributed by atoms with van der Waals surface area (Å²) in [5, 5.41) is 5.13. The van der Waals surface area contributed by atoms with E-state index in [0.717, 1.165) is 19.3 Å². The highest BCUT2D eigenvalue weighted by atomic mass is 16.2. The third-order valence-electron chi connectivity index (χ3n) is 4.38. The van der Waals surface area contributed by atoms with Crippen LogP contribution in [-0.4, -0.2) is 41.4 Å². The molecule has 0 bridgehead atoms. The molecule has 2 rings (SSSR count). The van der Waals surface area contributed by atoms with Crippen LogP contribution in [0.1, 0.15) is 46.0 Å². The van der Waals surface area contributed by atoms with Crippen molar-refractivity contribution in [3.63, 3.8) is 0 Å². The van der Waals surface area contributed by atoms with Gasteiger partial charge in [0.2, 0.25) is 5.91 Å². The molecule has 4 amide bonds. The van der Waals surface area contributed by atoms with Crippen LogP contribution in [0.4, 0.5) is 4.79 Å². The highest BCUT2D eigenvalue weighted by Gasteiger charge is 2.54. The van der Waals surface area contributed by atoms with Gasteiger partial charge in [0, 0.05) is 6.54 Å². The maximum atomic E-state index is 12.2. The number of nitrogens with one attached hydrogen (secondary N) is 2. The van der Waals surface area contributed by atoms with Gasteiger partial charge in [-0.15, -0.1) is 0 Å². The number of imide groups is 1. The molecule has 0 atom stereocenters. The second-order valence-corrected chi connectivity index (χ2v) is 5.91. The van der Waals surface area contributed by atoms with Gasteiger partial charge in [-0.25, -0.2) is 4.79 Å². The molecule has 6 heteroatoms. The number of carbonyl (C=O) groups excluding carboxylic acids is 3. The monoisotopic (exact) mass is 281 g/mol. The van der Waals surface area contributed by atoms with Gasteiger partial charge in [-0.1, -0.05) is 13.8 Å². The summed E-state index contributed by atoms with van der Waals surface area (Å²) in [6.45, 7) is 4.68. The third kappa shape index (κ3) is 2.64. The van der Waals surface area contributed by atoms with Gasteiger partial charge in [0.05, 0.1) is 0 Å². The Balaban J connectivity index is 2.10. The van der Waals surface area contributed by atoms with Crippen LogP contribution in [-0.2, 0) is 9.59 Å². The van der Waals surface area contributed by atoms with Crippen LogP contribution in [0.15, 0.2) is 0 Å². The largest absolute Gasteiger partial charge is 0.355 e. The molecule has 0 aromatic carbocycles. The van der Waals surface area contributed by atoms with E-state index in [-0.39, 0.29) is 18.4 Å². The van der Waals surface area contributed by atoms with Crippen LogP contribution in [0.3, 0.4) is 0 Å². The quantitative estimate of drug-likeness (QED) is 0.755. The molecule has 0 unspecified atom stereocenters. The van der Waals surface area contributed by atoms with Gasteiger partial charge in [0.25, 0.3) is 5.91 Å². The summed E-state index contributed by atoms with van der Waals surface area (Å²) in [6.07, 6.45) is 3.96. The average molecular weight is 281 g/mol. The lowest BCUT2D eigenvalue weighted by Gasteiger charge is -2.39. The lowest BCUT2D eigenvalue weighted by atomic mass is 9.76. The van der Waals surface area contributed by atoms with Crippen LogP contribution in [0, 0.1) is 5.92 Å². The smallest absolute Gasteiger partial charge is 0.325 e. The molecule has 2 fully saturated rings. The Morgan fingerprint density at radius 1 is 1.40 bits per heavy atom. The van der Waals surface area contributed by atoms with Crippen molar-refractivity contribution < 1.29 is 14.4 Å². The molecule has 2 N–H and O–H groups in total. The van der Waals surface area contributed by atoms with E-state index in [0.29, 0.717) is 25.3 Å². The molecule has 112 valence electrons. The molecule has 1 saturated heterocycles. The first kappa shape index (κ1) is 14.8. The molecular formula is C14H23N3O3. The first-order chi connectivity index (χ1) is 9.49. The Labute approximate surface area is 119 Å². The zero-order valence-corrected chi connectivity index (χ0v) is 12.2. The summed E-state index contributed by atoms with van der Waals surface area (Å²) < 4.78 is 0. The number of hydrogen-bond donors (Lipinski definition) is 2. The fraction of sp³-hybridized carbons (Fsp3) is 0.786. The molecule has 2 aliphatic rings. The van der Waals surface area contributed by atoms with Crippen molar-refractivity contribution in [2.45, 2.75) is 51.5 Å². The van der Waals surface area contributed by atoms with Crippen LogP contribution in [0.2, 0.25) is 0 Å². The minimum absolute atomic E-state index is 0.0358. The molecule has 0 aromatic rings. The molecule has 6 nitrogen and oxygen atoms in total. The summed E-state index contributed by atoms with van der Waals surface area (Å²) in [6, 6.07) is -0.434. The van der Waals surface area contributed by atoms with Crippen LogP contribution in [0.25, 0.3) is 0 Å². The fourth-order valence-corrected chi connectivity index (χ4v) is 3.02. The normalized spacial score (nSPS) is 29.7. The number of urea groups is 1. The lowest BCUT2D eigenvalue weighted by Crippen LogP contribution is -2.54. The van der Waals surface area contributed by atoms with Crippen LogP contribution in [0.5, 0.6) is 0 Å². The van der Waals surface area contributed by atoms with Crippen molar-refractivity contribution in [1.29, 1.82) is 0 Å². The van der Waals surface area contributed by atoms with Gasteiger partial charge in [-0.05, 0) is 38.0 Å². The van der Waals surface area contributed by atoms with Crippen LogP contribution < -0.4 is 10.6 Å². The third-order valence-corrected chi connectivity index (χ3v) is 4.38. The highest BCUT2D eigenvalue weighted by molar-refractivity contribution is 6.08. The SMILES string of the molecule is CCCNC(=O)CN1C(=O)NC(=O)C12CCC(C)CC2. The van der Waals surface area contributed by atoms with E-state index >= 15 is 0 Å². The topological polar surface area (TPSA) is 78.5 Å². The van der Waals surface area contributed by atoms with E-state index in [1.165, 1.54) is 4.90 Å². The van der Waals surface area contributed by atoms with Crippen molar-refractivity contribution in [3.8, 4) is 0 Å². The summed E-state index contributed by atoms with van der Waals surface area (Å²) in [5.41, 5.74) is -0.798. The summed E-state index contributed by atoms with van der Waals surface area (Å²) >= 11 is 0. The summed E-state index contributed by atoms with van der Waals surface area (Å²) in [5.74, 6) is 0.132. The number of hydrogen-bond acceptors (Lipinski definition) is 3. The first-order valence-electron chi connectivity index (χ1n) is 7.39. The van der Waals surface area contributed by atoms with Crippen molar-refractivity contribution in [2.75, 3.05) is 13.1 Å². The van der Waals surface area contributed by atoms with E-state index in [1.807, 2.05) is 6.92 Å². The summed E-state index contributed by atoms with van der Waals surface area (Å²) in [7, 11) is 0. The van der Waals surface area contributed by atoms with Crippen molar-refractivity contribution in [1.82, 2.24) is 15.5 Å². The number of rotatable bonds is 4. The first-order valence-corrected chi connectivity index (χ1v) is 7.39. The van der Waals surface area contributed by atoms with Crippen molar-refractivity contribution in [2.24, 2.45) is 5.92 Å². The maximum Gasteiger partial charge on any atom is 0.325 e. The molecule has 20 heavy (non-hydrogen) atoms. The molecule has 1 aliphatic carbocycles. The lowest BCUT2D eigenvalue weighted by molar-refractivity contribution is -0.130. The summed E-state index contributed by atoms with van der Waals surface area (Å²) in [4.78, 5) is 37.4. The molecule has 1 spiro atoms. The number of nitrogens with zero attached hydrogens (tertiary/aromatic N) is 1. The highest BCUT2D eigenvalue weighted by Crippen LogP contribution is 2.39. The molecule has 0 aromatic heterocycles. The second-order valence-electron chi connectivity index (χ2n) is 5.91. The minimum Gasteiger partial charge on any atom is -0.355 e. The van der Waals surface area contributed by atoms with Crippen LogP contribution >= 0.6 is 0 Å². The van der Waals surface area contributed by atoms with Crippen molar-refractivity contribution in [3.05, 3.63) is 0 Å². The molecular weight excluding hydrogens is 258 g/mol. The van der Waals surface area contributed by atoms with Gasteiger partial charge >= 0.3 is 6.03 Å². The van der Waals surface area contributed by atoms with Crippen molar-refractivity contribution >= 4 is 17.8 Å². The van der Waals surface area contributed by atoms with E-state index < -0.39 is 11.6 Å². The standard InChI is InChI=1S/C14H23N3O3/c1-3-8-15-11(18)9-17-13(20)16-12(19)14(17)6-4-10(2)5-7-14/h10H,3-9H2,1-2H3,(H,15,18)(H,16,19,20). The Bertz CT molecular complexity index is 414. The maximum absolute atomic E-state index is 12.2. The second kappa shape index (κ2) is 5.81. The Kier molecular flexibility index (Phi) is 4.30. The Morgan fingerprint density at radius 2 is 2.05 bits per heavy atom. The molecule has 1 heterocycles. The van der Waals surface area contributed by atoms with E-state index in [4.69, 9.17) is 0 Å². The van der Waals surface area contributed by atoms with Gasteiger partial charge in [0.15, 0.2) is 0 Å². The van der Waals surface area contributed by atoms with E-state index in [9.17, 15) is 14.4 Å².